The zero-order valence-electron chi connectivity index (χ0n) is 23.0. The van der Waals surface area contributed by atoms with Crippen molar-refractivity contribution < 1.29 is 23.5 Å². The van der Waals surface area contributed by atoms with E-state index in [1.807, 2.05) is 18.2 Å². The van der Waals surface area contributed by atoms with E-state index < -0.39 is 29.8 Å². The molecule has 0 spiro atoms. The number of rotatable bonds is 3. The fraction of sp³-hybridized carbons (Fsp3) is 0.630. The molecule has 3 saturated heterocycles. The summed E-state index contributed by atoms with van der Waals surface area (Å²) < 4.78 is 23.7. The van der Waals surface area contributed by atoms with Crippen LogP contribution >= 0.6 is 0 Å². The minimum Gasteiger partial charge on any atom is -0.444 e. The van der Waals surface area contributed by atoms with Crippen LogP contribution in [0.15, 0.2) is 23.0 Å². The number of aryl methyl sites for hydroxylation is 1. The molecule has 212 valence electrons. The third kappa shape index (κ3) is 5.26. The minimum absolute atomic E-state index is 0.0229. The first-order valence-corrected chi connectivity index (χ1v) is 13.6. The third-order valence-corrected chi connectivity index (χ3v) is 7.89. The molecule has 1 aromatic heterocycles. The van der Waals surface area contributed by atoms with Gasteiger partial charge in [0, 0.05) is 52.2 Å². The fourth-order valence-electron chi connectivity index (χ4n) is 5.99. The number of fused-ring (bicyclic) bond motifs is 1. The summed E-state index contributed by atoms with van der Waals surface area (Å²) in [5.41, 5.74) is 1.34. The molecule has 3 amide bonds. The van der Waals surface area contributed by atoms with Gasteiger partial charge < -0.3 is 14.5 Å². The van der Waals surface area contributed by atoms with Gasteiger partial charge in [-0.1, -0.05) is 6.07 Å². The highest BCUT2D eigenvalue weighted by atomic mass is 19.1. The van der Waals surface area contributed by atoms with Crippen molar-refractivity contribution in [3.05, 3.63) is 28.7 Å². The fourth-order valence-corrected chi connectivity index (χ4v) is 5.99. The molecular formula is C27H37FN6O5. The highest BCUT2D eigenvalue weighted by molar-refractivity contribution is 6.00. The number of carbonyl (C=O) groups excluding carboxylic acids is 3. The number of nitrogens with zero attached hydrogens (tertiary/aromatic N) is 5. The van der Waals surface area contributed by atoms with Crippen molar-refractivity contribution >= 4 is 34.6 Å². The number of hydrogen-bond acceptors (Lipinski definition) is 7. The Morgan fingerprint density at radius 3 is 2.41 bits per heavy atom. The number of para-hydroxylation sites is 1. The summed E-state index contributed by atoms with van der Waals surface area (Å²) in [7, 11) is 1.69. The predicted octanol–water partition coefficient (Wildman–Crippen LogP) is 1.79. The number of halogens is 1. The minimum atomic E-state index is -1.16. The van der Waals surface area contributed by atoms with E-state index in [-0.39, 0.29) is 37.0 Å². The Balaban J connectivity index is 1.29. The molecule has 1 aromatic carbocycles. The smallest absolute Gasteiger partial charge is 0.410 e. The number of imidazole rings is 1. The number of alkyl halides is 1. The lowest BCUT2D eigenvalue weighted by atomic mass is 10.0. The van der Waals surface area contributed by atoms with E-state index in [2.05, 4.69) is 15.1 Å². The predicted molar refractivity (Wildman–Crippen MR) is 143 cm³/mol. The highest BCUT2D eigenvalue weighted by Crippen LogP contribution is 2.31. The van der Waals surface area contributed by atoms with Gasteiger partial charge >= 0.3 is 11.8 Å². The Bertz CT molecular complexity index is 1340. The molecule has 0 bridgehead atoms. The van der Waals surface area contributed by atoms with Gasteiger partial charge in [0.25, 0.3) is 0 Å². The van der Waals surface area contributed by atoms with Crippen LogP contribution in [-0.2, 0) is 21.4 Å². The zero-order valence-corrected chi connectivity index (χ0v) is 23.0. The van der Waals surface area contributed by atoms with Gasteiger partial charge in [0.05, 0.1) is 23.3 Å². The van der Waals surface area contributed by atoms with Crippen LogP contribution in [0.3, 0.4) is 0 Å². The van der Waals surface area contributed by atoms with Gasteiger partial charge in [0.1, 0.15) is 17.8 Å². The summed E-state index contributed by atoms with van der Waals surface area (Å²) in [5.74, 6) is -0.785. The molecule has 3 fully saturated rings. The number of hydrogen-bond donors (Lipinski definition) is 1. The van der Waals surface area contributed by atoms with E-state index in [1.165, 1.54) is 9.47 Å². The first-order valence-electron chi connectivity index (χ1n) is 13.6. The number of amides is 3. The van der Waals surface area contributed by atoms with Gasteiger partial charge in [-0.15, -0.1) is 0 Å². The second kappa shape index (κ2) is 10.3. The maximum atomic E-state index is 15.2. The Labute approximate surface area is 226 Å². The Kier molecular flexibility index (Phi) is 7.17. The topological polar surface area (TPSA) is 109 Å². The van der Waals surface area contributed by atoms with E-state index in [0.717, 1.165) is 11.2 Å². The molecule has 5 rings (SSSR count). The van der Waals surface area contributed by atoms with Gasteiger partial charge in [-0.25, -0.2) is 14.0 Å². The van der Waals surface area contributed by atoms with E-state index in [4.69, 9.17) is 4.74 Å². The zero-order chi connectivity index (χ0) is 28.1. The lowest BCUT2D eigenvalue weighted by Crippen LogP contribution is -2.58. The quantitative estimate of drug-likeness (QED) is 0.587. The first kappa shape index (κ1) is 27.2. The van der Waals surface area contributed by atoms with E-state index in [9.17, 15) is 19.2 Å². The Morgan fingerprint density at radius 2 is 1.77 bits per heavy atom. The summed E-state index contributed by atoms with van der Waals surface area (Å²) in [4.78, 5) is 55.6. The lowest BCUT2D eigenvalue weighted by Gasteiger charge is -2.44. The van der Waals surface area contributed by atoms with Crippen molar-refractivity contribution in [3.8, 4) is 0 Å². The van der Waals surface area contributed by atoms with Crippen molar-refractivity contribution in [3.63, 3.8) is 0 Å². The number of anilines is 1. The van der Waals surface area contributed by atoms with Crippen LogP contribution in [-0.4, -0.2) is 93.9 Å². The van der Waals surface area contributed by atoms with Gasteiger partial charge in [-0.2, -0.15) is 0 Å². The number of piperidine rings is 2. The molecule has 3 aliphatic rings. The Morgan fingerprint density at radius 1 is 1.05 bits per heavy atom. The van der Waals surface area contributed by atoms with E-state index >= 15 is 4.39 Å². The number of piperazine rings is 1. The largest absolute Gasteiger partial charge is 0.444 e. The van der Waals surface area contributed by atoms with Crippen LogP contribution in [0.25, 0.3) is 11.0 Å². The third-order valence-electron chi connectivity index (χ3n) is 7.89. The van der Waals surface area contributed by atoms with Crippen molar-refractivity contribution in [2.45, 2.75) is 63.9 Å². The molecule has 3 aliphatic heterocycles. The van der Waals surface area contributed by atoms with Crippen LogP contribution in [0.4, 0.5) is 14.9 Å². The number of benzene rings is 1. The molecule has 0 aliphatic carbocycles. The van der Waals surface area contributed by atoms with Crippen molar-refractivity contribution in [1.29, 1.82) is 0 Å². The molecule has 11 nitrogen and oxygen atoms in total. The number of aromatic nitrogens is 2. The van der Waals surface area contributed by atoms with Crippen molar-refractivity contribution in [1.82, 2.24) is 24.3 Å². The first-order chi connectivity index (χ1) is 18.4. The molecule has 39 heavy (non-hydrogen) atoms. The van der Waals surface area contributed by atoms with Crippen LogP contribution in [0, 0.1) is 0 Å². The SMILES string of the molecule is Cn1c(=O)n(C2CCC(=O)NC2=O)c2cccc(N3CCN([C@@H]4CCN(C(=O)OC(C)(C)C)C[C@H]4F)CC3)c21. The standard InChI is InChI=1S/C27H37FN6O5/c1-27(2,3)39-26(38)33-11-10-18(17(28)16-33)31-12-14-32(15-13-31)19-6-5-7-20-23(19)30(4)25(37)34(20)21-8-9-22(35)29-24(21)36/h5-7,17-18,21H,8-16H2,1-4H3,(H,29,35,36)/t17-,18-,21?/m1/s1. The molecule has 3 atom stereocenters. The van der Waals surface area contributed by atoms with Crippen LogP contribution in [0.1, 0.15) is 46.1 Å². The van der Waals surface area contributed by atoms with Gasteiger partial charge in [0.2, 0.25) is 11.8 Å². The molecule has 1 unspecified atom stereocenters. The lowest BCUT2D eigenvalue weighted by molar-refractivity contribution is -0.135. The number of imide groups is 1. The molecule has 2 aromatic rings. The summed E-state index contributed by atoms with van der Waals surface area (Å²) in [6, 6.07) is 4.66. The summed E-state index contributed by atoms with van der Waals surface area (Å²) in [6.07, 6.45) is -0.628. The second-order valence-electron chi connectivity index (χ2n) is 11.6. The maximum absolute atomic E-state index is 15.2. The molecular weight excluding hydrogens is 507 g/mol. The average Bonchev–Trinajstić information content (AvgIpc) is 3.13. The normalized spacial score (nSPS) is 25.2. The monoisotopic (exact) mass is 544 g/mol. The van der Waals surface area contributed by atoms with Crippen LogP contribution < -0.4 is 15.9 Å². The maximum Gasteiger partial charge on any atom is 0.410 e. The summed E-state index contributed by atoms with van der Waals surface area (Å²) in [5, 5.41) is 2.34. The van der Waals surface area contributed by atoms with Gasteiger partial charge in [-0.05, 0) is 45.7 Å². The summed E-state index contributed by atoms with van der Waals surface area (Å²) in [6.45, 7) is 8.46. The van der Waals surface area contributed by atoms with Crippen molar-refractivity contribution in [2.24, 2.45) is 7.05 Å². The van der Waals surface area contributed by atoms with Crippen molar-refractivity contribution in [2.75, 3.05) is 44.2 Å². The summed E-state index contributed by atoms with van der Waals surface area (Å²) >= 11 is 0. The molecule has 0 saturated carbocycles. The van der Waals surface area contributed by atoms with Crippen LogP contribution in [0.5, 0.6) is 0 Å². The van der Waals surface area contributed by atoms with Gasteiger partial charge in [0.15, 0.2) is 0 Å². The van der Waals surface area contributed by atoms with E-state index in [1.54, 1.807) is 32.4 Å². The number of likely N-dealkylation sites (tertiary alicyclic amines) is 1. The Hall–Kier alpha value is -3.41. The second-order valence-corrected chi connectivity index (χ2v) is 11.6. The number of ether oxygens (including phenoxy) is 1. The molecule has 12 heteroatoms. The highest BCUT2D eigenvalue weighted by Gasteiger charge is 2.38. The van der Waals surface area contributed by atoms with Gasteiger partial charge in [-0.3, -0.25) is 28.9 Å². The number of carbonyl (C=O) groups is 3. The average molecular weight is 545 g/mol. The number of nitrogens with one attached hydrogen (secondary N) is 1. The molecule has 1 N–H and O–H groups in total. The van der Waals surface area contributed by atoms with E-state index in [0.29, 0.717) is 44.7 Å². The van der Waals surface area contributed by atoms with Crippen LogP contribution in [0.2, 0.25) is 0 Å². The molecule has 0 radical (unpaired) electrons. The molecule has 4 heterocycles.